The molecule has 25 heavy (non-hydrogen) atoms. The van der Waals surface area contributed by atoms with Gasteiger partial charge < -0.3 is 9.64 Å². The average Bonchev–Trinajstić information content (AvgIpc) is 2.95. The number of anilines is 2. The fourth-order valence-corrected chi connectivity index (χ4v) is 2.98. The van der Waals surface area contributed by atoms with E-state index in [0.29, 0.717) is 22.8 Å². The molecule has 0 amide bonds. The summed E-state index contributed by atoms with van der Waals surface area (Å²) in [6, 6.07) is 8.84. The first-order valence-electron chi connectivity index (χ1n) is 7.47. The van der Waals surface area contributed by atoms with Crippen molar-refractivity contribution in [3.63, 3.8) is 0 Å². The van der Waals surface area contributed by atoms with Crippen molar-refractivity contribution in [3.8, 4) is 17.0 Å². The summed E-state index contributed by atoms with van der Waals surface area (Å²) in [5.41, 5.74) is 2.57. The van der Waals surface area contributed by atoms with E-state index in [4.69, 9.17) is 4.74 Å². The zero-order valence-electron chi connectivity index (χ0n) is 14.4. The lowest BCUT2D eigenvalue weighted by Gasteiger charge is -2.10. The molecule has 0 spiro atoms. The standard InChI is InChI=1S/C16H19N5O3S/c1-20(2)16-8-7-15-17-13(10-21(15)18-16)12-6-5-11(9-14(12)24-3)19-25(4,22)23/h5-10,19H,1-4H3. The van der Waals surface area contributed by atoms with Crippen LogP contribution < -0.4 is 14.4 Å². The van der Waals surface area contributed by atoms with E-state index in [1.807, 2.05) is 37.3 Å². The highest BCUT2D eigenvalue weighted by molar-refractivity contribution is 7.92. The summed E-state index contributed by atoms with van der Waals surface area (Å²) in [6.07, 6.45) is 2.91. The Kier molecular flexibility index (Phi) is 4.25. The lowest BCUT2D eigenvalue weighted by molar-refractivity contribution is 0.416. The first-order valence-corrected chi connectivity index (χ1v) is 9.36. The van der Waals surface area contributed by atoms with Crippen LogP contribution in [0.2, 0.25) is 0 Å². The van der Waals surface area contributed by atoms with Crippen molar-refractivity contribution < 1.29 is 13.2 Å². The van der Waals surface area contributed by atoms with E-state index in [9.17, 15) is 8.42 Å². The number of hydrogen-bond donors (Lipinski definition) is 1. The Morgan fingerprint density at radius 2 is 1.96 bits per heavy atom. The zero-order chi connectivity index (χ0) is 18.2. The monoisotopic (exact) mass is 361 g/mol. The summed E-state index contributed by atoms with van der Waals surface area (Å²) in [4.78, 5) is 6.47. The first-order chi connectivity index (χ1) is 11.8. The van der Waals surface area contributed by atoms with E-state index in [1.165, 1.54) is 7.11 Å². The number of imidazole rings is 1. The van der Waals surface area contributed by atoms with Gasteiger partial charge in [0, 0.05) is 25.7 Å². The number of rotatable bonds is 5. The Labute approximate surface area is 146 Å². The Hall–Kier alpha value is -2.81. The molecule has 2 aromatic heterocycles. The molecule has 0 saturated carbocycles. The van der Waals surface area contributed by atoms with Gasteiger partial charge >= 0.3 is 0 Å². The molecule has 0 unspecified atom stereocenters. The highest BCUT2D eigenvalue weighted by atomic mass is 32.2. The third kappa shape index (κ3) is 3.66. The van der Waals surface area contributed by atoms with Crippen LogP contribution in [0.4, 0.5) is 11.5 Å². The van der Waals surface area contributed by atoms with E-state index in [1.54, 1.807) is 22.7 Å². The van der Waals surface area contributed by atoms with Gasteiger partial charge in [0.1, 0.15) is 11.6 Å². The summed E-state index contributed by atoms with van der Waals surface area (Å²) in [7, 11) is 2.01. The van der Waals surface area contributed by atoms with Crippen LogP contribution >= 0.6 is 0 Å². The molecular formula is C16H19N5O3S. The molecule has 0 aliphatic rings. The average molecular weight is 361 g/mol. The molecular weight excluding hydrogens is 342 g/mol. The molecule has 0 bridgehead atoms. The second kappa shape index (κ2) is 6.25. The summed E-state index contributed by atoms with van der Waals surface area (Å²) in [5, 5.41) is 4.49. The number of nitrogens with zero attached hydrogens (tertiary/aromatic N) is 4. The number of nitrogens with one attached hydrogen (secondary N) is 1. The topological polar surface area (TPSA) is 88.8 Å². The minimum absolute atomic E-state index is 0.430. The molecule has 2 heterocycles. The van der Waals surface area contributed by atoms with Crippen LogP contribution in [-0.4, -0.2) is 50.5 Å². The summed E-state index contributed by atoms with van der Waals surface area (Å²) in [6.45, 7) is 0. The number of ether oxygens (including phenoxy) is 1. The predicted octanol–water partition coefficient (Wildman–Crippen LogP) is 1.84. The van der Waals surface area contributed by atoms with Crippen molar-refractivity contribution in [2.24, 2.45) is 0 Å². The van der Waals surface area contributed by atoms with Gasteiger partial charge in [0.05, 0.1) is 30.9 Å². The van der Waals surface area contributed by atoms with Crippen LogP contribution in [0.3, 0.4) is 0 Å². The lowest BCUT2D eigenvalue weighted by atomic mass is 10.1. The van der Waals surface area contributed by atoms with E-state index < -0.39 is 10.0 Å². The van der Waals surface area contributed by atoms with Crippen molar-refractivity contribution in [1.82, 2.24) is 14.6 Å². The molecule has 0 atom stereocenters. The van der Waals surface area contributed by atoms with Gasteiger partial charge in [-0.15, -0.1) is 5.10 Å². The number of hydrogen-bond acceptors (Lipinski definition) is 6. The van der Waals surface area contributed by atoms with Gasteiger partial charge in [-0.05, 0) is 24.3 Å². The number of aromatic nitrogens is 3. The van der Waals surface area contributed by atoms with Crippen molar-refractivity contribution >= 4 is 27.2 Å². The Morgan fingerprint density at radius 1 is 1.20 bits per heavy atom. The van der Waals surface area contributed by atoms with E-state index >= 15 is 0 Å². The molecule has 0 radical (unpaired) electrons. The van der Waals surface area contributed by atoms with Crippen molar-refractivity contribution in [2.45, 2.75) is 0 Å². The number of sulfonamides is 1. The Bertz CT molecular complexity index is 1030. The highest BCUT2D eigenvalue weighted by Gasteiger charge is 2.13. The molecule has 8 nitrogen and oxygen atoms in total. The summed E-state index contributed by atoms with van der Waals surface area (Å²) >= 11 is 0. The van der Waals surface area contributed by atoms with Crippen molar-refractivity contribution in [3.05, 3.63) is 36.5 Å². The quantitative estimate of drug-likeness (QED) is 0.746. The second-order valence-corrected chi connectivity index (χ2v) is 7.55. The molecule has 3 rings (SSSR count). The van der Waals surface area contributed by atoms with Crippen LogP contribution in [-0.2, 0) is 10.0 Å². The third-order valence-electron chi connectivity index (χ3n) is 3.54. The second-order valence-electron chi connectivity index (χ2n) is 5.80. The van der Waals surface area contributed by atoms with Gasteiger partial charge in [0.2, 0.25) is 10.0 Å². The fourth-order valence-electron chi connectivity index (χ4n) is 2.42. The largest absolute Gasteiger partial charge is 0.496 e. The van der Waals surface area contributed by atoms with Gasteiger partial charge in [0.25, 0.3) is 0 Å². The molecule has 132 valence electrons. The van der Waals surface area contributed by atoms with Crippen molar-refractivity contribution in [1.29, 1.82) is 0 Å². The maximum Gasteiger partial charge on any atom is 0.229 e. The molecule has 0 aliphatic carbocycles. The SMILES string of the molecule is COc1cc(NS(C)(=O)=O)ccc1-c1cn2nc(N(C)C)ccc2n1. The summed E-state index contributed by atoms with van der Waals surface area (Å²) in [5.74, 6) is 1.33. The Balaban J connectivity index is 2.04. The first kappa shape index (κ1) is 17.0. The molecule has 0 saturated heterocycles. The van der Waals surface area contributed by atoms with E-state index in [2.05, 4.69) is 14.8 Å². The molecule has 0 aliphatic heterocycles. The van der Waals surface area contributed by atoms with Gasteiger partial charge in [0.15, 0.2) is 5.65 Å². The van der Waals surface area contributed by atoms with Gasteiger partial charge in [-0.1, -0.05) is 0 Å². The molecule has 0 fully saturated rings. The van der Waals surface area contributed by atoms with Crippen LogP contribution in [0.15, 0.2) is 36.5 Å². The highest BCUT2D eigenvalue weighted by Crippen LogP contribution is 2.32. The van der Waals surface area contributed by atoms with Crippen molar-refractivity contribution in [2.75, 3.05) is 37.1 Å². The fraction of sp³-hybridized carbons (Fsp3) is 0.250. The maximum atomic E-state index is 11.4. The Morgan fingerprint density at radius 3 is 2.60 bits per heavy atom. The normalized spacial score (nSPS) is 11.5. The smallest absolute Gasteiger partial charge is 0.229 e. The van der Waals surface area contributed by atoms with Gasteiger partial charge in [-0.2, -0.15) is 0 Å². The number of benzene rings is 1. The predicted molar refractivity (Wildman–Crippen MR) is 97.8 cm³/mol. The molecule has 3 aromatic rings. The number of fused-ring (bicyclic) bond motifs is 1. The third-order valence-corrected chi connectivity index (χ3v) is 4.15. The van der Waals surface area contributed by atoms with Crippen LogP contribution in [0.1, 0.15) is 0 Å². The van der Waals surface area contributed by atoms with E-state index in [0.717, 1.165) is 17.6 Å². The minimum atomic E-state index is -3.35. The lowest BCUT2D eigenvalue weighted by Crippen LogP contribution is -2.11. The van der Waals surface area contributed by atoms with Gasteiger partial charge in [-0.25, -0.2) is 17.9 Å². The van der Waals surface area contributed by atoms with Crippen LogP contribution in [0.5, 0.6) is 5.75 Å². The maximum absolute atomic E-state index is 11.4. The number of methoxy groups -OCH3 is 1. The zero-order valence-corrected chi connectivity index (χ0v) is 15.2. The minimum Gasteiger partial charge on any atom is -0.496 e. The van der Waals surface area contributed by atoms with Crippen LogP contribution in [0, 0.1) is 0 Å². The molecule has 9 heteroatoms. The summed E-state index contributed by atoms with van der Waals surface area (Å²) < 4.78 is 32.3. The molecule has 1 N–H and O–H groups in total. The molecule has 1 aromatic carbocycles. The van der Waals surface area contributed by atoms with Crippen LogP contribution in [0.25, 0.3) is 16.9 Å². The van der Waals surface area contributed by atoms with E-state index in [-0.39, 0.29) is 0 Å². The van der Waals surface area contributed by atoms with Gasteiger partial charge in [-0.3, -0.25) is 4.72 Å².